The van der Waals surface area contributed by atoms with Crippen molar-refractivity contribution >= 4 is 80.4 Å². The summed E-state index contributed by atoms with van der Waals surface area (Å²) in [6, 6.07) is 0. The van der Waals surface area contributed by atoms with E-state index in [0.29, 0.717) is 41.4 Å². The van der Waals surface area contributed by atoms with E-state index < -0.39 is 79.4 Å². The Bertz CT molecular complexity index is 3110. The Kier molecular flexibility index (Phi) is 27.1. The number of ether oxygens (including phenoxy) is 5. The third-order valence-corrected chi connectivity index (χ3v) is 26.5. The molecule has 0 aromatic heterocycles. The molecule has 10 saturated carbocycles. The number of carbonyl (C=O) groups excluding carboxylic acids is 5. The molecule has 532 valence electrons. The Labute approximate surface area is 545 Å². The molecule has 0 aromatic rings. The van der Waals surface area contributed by atoms with Crippen LogP contribution >= 0.6 is 0 Å². The third-order valence-electron chi connectivity index (χ3n) is 23.1. The molecule has 0 heterocycles. The second-order valence-electron chi connectivity index (χ2n) is 29.7. The van der Waals surface area contributed by atoms with Gasteiger partial charge < -0.3 is 23.7 Å². The lowest BCUT2D eigenvalue weighted by Crippen LogP contribution is -2.37. The molecule has 30 heteroatoms. The molecule has 0 amide bonds. The van der Waals surface area contributed by atoms with Gasteiger partial charge in [0.1, 0.15) is 61.8 Å². The Hall–Kier alpha value is -3.10. The number of carbonyl (C=O) groups is 5. The summed E-state index contributed by atoms with van der Waals surface area (Å²) in [6.07, 6.45) is 21.9. The molecule has 0 saturated heterocycles. The summed E-state index contributed by atoms with van der Waals surface area (Å²) < 4.78 is 173. The molecular formula is C62H104O25S5. The standard InChI is InChI=1S/C15H22O5S.C13H22O5S.C13H24O5S.C11H20O5S.C10H16O5S/c16-15(20-3-4-21(17,18)19)12-7-10-6-11(12)14-9-2-1-8(5-9)13(10)14;1-12(2)9-4-5-13(12,3)10(8-9)11(14)18-6-7-19(15,16)17;1-13(2,3)11-6-4-10(5-7-11)12(14)18-8-9-19(15,16)17;1-2-9-3-5-10(6-4-9)11(12)16-7-8-17(13,14)15;11-10(15-3-4-16(12,13)14)9-6-7-1-2-8(9)5-7/h8-14H,1-7H2,(H,17,18,19);9-10H,4-8H2,1-3H3,(H,15,16,17);10-11H,4-9H2,1-3H3,(H,15,16,17);9-10H,2-8H2,1H3,(H,13,14,15);7-9H,1-6H2,(H,12,13,14). The summed E-state index contributed by atoms with van der Waals surface area (Å²) in [5, 5.41) is 0. The van der Waals surface area contributed by atoms with Gasteiger partial charge in [-0.1, -0.05) is 61.3 Å². The highest BCUT2D eigenvalue weighted by Crippen LogP contribution is 2.70. The lowest BCUT2D eigenvalue weighted by atomic mass is 9.67. The van der Waals surface area contributed by atoms with Gasteiger partial charge in [-0.15, -0.1) is 0 Å². The molecule has 0 aliphatic heterocycles. The minimum atomic E-state index is -4.07. The predicted molar refractivity (Wildman–Crippen MR) is 337 cm³/mol. The number of hydrogen-bond donors (Lipinski definition) is 5. The van der Waals surface area contributed by atoms with Gasteiger partial charge in [0.2, 0.25) is 0 Å². The zero-order chi connectivity index (χ0) is 68.6. The summed E-state index contributed by atoms with van der Waals surface area (Å²) in [4.78, 5) is 59.3. The maximum atomic E-state index is 12.2. The van der Waals surface area contributed by atoms with Gasteiger partial charge in [-0.05, 0) is 203 Å². The largest absolute Gasteiger partial charge is 0.464 e. The monoisotopic (exact) mass is 1410 g/mol. The summed E-state index contributed by atoms with van der Waals surface area (Å²) >= 11 is 0. The molecule has 8 bridgehead atoms. The lowest BCUT2D eigenvalue weighted by Gasteiger charge is -2.38. The average molecular weight is 1410 g/mol. The molecule has 0 spiro atoms. The number of rotatable bonds is 21. The summed E-state index contributed by atoms with van der Waals surface area (Å²) in [6.45, 7) is 14.1. The van der Waals surface area contributed by atoms with Crippen molar-refractivity contribution in [1.29, 1.82) is 0 Å². The van der Waals surface area contributed by atoms with Crippen molar-refractivity contribution in [2.75, 3.05) is 61.8 Å². The van der Waals surface area contributed by atoms with Gasteiger partial charge >= 0.3 is 29.8 Å². The van der Waals surface area contributed by atoms with E-state index in [4.69, 9.17) is 46.4 Å². The Morgan fingerprint density at radius 2 is 0.837 bits per heavy atom. The molecule has 10 aliphatic rings. The molecule has 5 N–H and O–H groups in total. The van der Waals surface area contributed by atoms with Gasteiger partial charge in [-0.2, -0.15) is 42.1 Å². The Morgan fingerprint density at radius 3 is 1.22 bits per heavy atom. The number of hydrogen-bond acceptors (Lipinski definition) is 20. The van der Waals surface area contributed by atoms with Gasteiger partial charge in [0, 0.05) is 0 Å². The van der Waals surface area contributed by atoms with Gasteiger partial charge in [0.15, 0.2) is 0 Å². The predicted octanol–water partition coefficient (Wildman–Crippen LogP) is 8.37. The van der Waals surface area contributed by atoms with Crippen LogP contribution in [0.1, 0.15) is 183 Å². The fourth-order valence-electron chi connectivity index (χ4n) is 17.7. The Morgan fingerprint density at radius 1 is 0.424 bits per heavy atom. The van der Waals surface area contributed by atoms with E-state index in [1.54, 1.807) is 0 Å². The fraction of sp³-hybridized carbons (Fsp3) is 0.919. The van der Waals surface area contributed by atoms with Crippen LogP contribution in [0.3, 0.4) is 0 Å². The third kappa shape index (κ3) is 22.5. The zero-order valence-electron chi connectivity index (χ0n) is 54.6. The van der Waals surface area contributed by atoms with Crippen molar-refractivity contribution in [3.05, 3.63) is 0 Å². The highest BCUT2D eigenvalue weighted by molar-refractivity contribution is 7.86. The molecular weight excluding hydrogens is 1300 g/mol. The number of fused-ring (bicyclic) bond motifs is 13. The fourth-order valence-corrected chi connectivity index (χ4v) is 19.2. The van der Waals surface area contributed by atoms with Crippen LogP contribution in [0.25, 0.3) is 0 Å². The van der Waals surface area contributed by atoms with Gasteiger partial charge in [-0.3, -0.25) is 46.7 Å². The summed E-state index contributed by atoms with van der Waals surface area (Å²) in [7, 11) is -20.2. The first-order valence-electron chi connectivity index (χ1n) is 33.1. The molecule has 10 fully saturated rings. The van der Waals surface area contributed by atoms with Crippen LogP contribution in [0.4, 0.5) is 0 Å². The molecule has 13 unspecified atom stereocenters. The first kappa shape index (κ1) is 77.9. The SMILES string of the molecule is CC(C)(C)C1CCC(C(=O)OCCS(=O)(=O)O)CC1.CC1(C)C2CCC1(C)C(C(=O)OCCS(=O)(=O)O)C2.CCC1CCC(C(=O)OCCS(=O)(=O)O)CC1.O=C(OCCS(=O)(=O)O)C1CC2CC1C1C3CCC(C3)C21.O=C(OCCS(=O)(=O)O)C1CC2CCC1C2. The molecule has 0 radical (unpaired) electrons. The van der Waals surface area contributed by atoms with E-state index in [9.17, 15) is 66.1 Å². The van der Waals surface area contributed by atoms with Crippen LogP contribution in [-0.2, 0) is 98.2 Å². The van der Waals surface area contributed by atoms with Crippen molar-refractivity contribution in [3.63, 3.8) is 0 Å². The Balaban J connectivity index is 0.000000183. The van der Waals surface area contributed by atoms with E-state index in [1.165, 1.54) is 32.1 Å². The summed E-state index contributed by atoms with van der Waals surface area (Å²) in [5.41, 5.74) is 0.326. The van der Waals surface area contributed by atoms with Crippen molar-refractivity contribution in [2.24, 2.45) is 111 Å². The molecule has 0 aromatic carbocycles. The second kappa shape index (κ2) is 32.1. The van der Waals surface area contributed by atoms with Crippen molar-refractivity contribution in [2.45, 2.75) is 183 Å². The highest BCUT2D eigenvalue weighted by Gasteiger charge is 2.65. The van der Waals surface area contributed by atoms with Gasteiger partial charge in [-0.25, -0.2) is 0 Å². The normalized spacial score (nSPS) is 33.8. The smallest absolute Gasteiger partial charge is 0.309 e. The van der Waals surface area contributed by atoms with Crippen LogP contribution in [0.15, 0.2) is 0 Å². The van der Waals surface area contributed by atoms with Crippen molar-refractivity contribution in [1.82, 2.24) is 0 Å². The summed E-state index contributed by atoms with van der Waals surface area (Å²) in [5.74, 6) is 2.84. The van der Waals surface area contributed by atoms with E-state index in [-0.39, 0.29) is 109 Å². The molecule has 10 rings (SSSR count). The van der Waals surface area contributed by atoms with Crippen molar-refractivity contribution in [3.8, 4) is 0 Å². The van der Waals surface area contributed by atoms with E-state index in [1.807, 2.05) is 0 Å². The minimum absolute atomic E-state index is 0.0306. The van der Waals surface area contributed by atoms with Gasteiger partial charge in [0.05, 0.1) is 29.6 Å². The van der Waals surface area contributed by atoms with E-state index in [0.717, 1.165) is 126 Å². The van der Waals surface area contributed by atoms with Crippen LogP contribution in [-0.4, -0.2) is 156 Å². The van der Waals surface area contributed by atoms with E-state index in [2.05, 4.69) is 48.5 Å². The van der Waals surface area contributed by atoms with Crippen LogP contribution in [0.5, 0.6) is 0 Å². The quantitative estimate of drug-likeness (QED) is 0.0311. The molecule has 13 atom stereocenters. The van der Waals surface area contributed by atoms with Crippen LogP contribution in [0, 0.1) is 111 Å². The van der Waals surface area contributed by atoms with E-state index >= 15 is 0 Å². The first-order chi connectivity index (χ1) is 42.5. The number of esters is 5. The molecule has 10 aliphatic carbocycles. The maximum Gasteiger partial charge on any atom is 0.309 e. The molecule has 92 heavy (non-hydrogen) atoms. The zero-order valence-corrected chi connectivity index (χ0v) is 58.7. The topological polar surface area (TPSA) is 403 Å². The first-order valence-corrected chi connectivity index (χ1v) is 41.1. The van der Waals surface area contributed by atoms with Crippen LogP contribution < -0.4 is 0 Å². The average Bonchev–Trinajstić information content (AvgIpc) is 1.56. The van der Waals surface area contributed by atoms with Crippen LogP contribution in [0.2, 0.25) is 0 Å². The molecule has 25 nitrogen and oxygen atoms in total. The minimum Gasteiger partial charge on any atom is -0.464 e. The van der Waals surface area contributed by atoms with Gasteiger partial charge in [0.25, 0.3) is 50.6 Å². The second-order valence-corrected chi connectivity index (χ2v) is 37.6. The highest BCUT2D eigenvalue weighted by atomic mass is 32.2. The van der Waals surface area contributed by atoms with Crippen molar-refractivity contribution < 1.29 is 113 Å². The lowest BCUT2D eigenvalue weighted by molar-refractivity contribution is -0.153. The maximum absolute atomic E-state index is 12.2.